The molecule has 0 amide bonds. The minimum Gasteiger partial charge on any atom is -0.359 e. The Morgan fingerprint density at radius 2 is 2.04 bits per heavy atom. The van der Waals surface area contributed by atoms with Crippen LogP contribution >= 0.6 is 0 Å². The van der Waals surface area contributed by atoms with Gasteiger partial charge in [-0.25, -0.2) is 4.39 Å². The molecule has 0 bridgehead atoms. The zero-order valence-electron chi connectivity index (χ0n) is 12.2. The van der Waals surface area contributed by atoms with Crippen LogP contribution in [0.1, 0.15) is 11.1 Å². The van der Waals surface area contributed by atoms with Crippen molar-refractivity contribution < 1.29 is 9.31 Å². The van der Waals surface area contributed by atoms with Crippen LogP contribution in [0.25, 0.3) is 10.9 Å². The van der Waals surface area contributed by atoms with E-state index in [1.54, 1.807) is 24.4 Å². The molecule has 2 aromatic carbocycles. The molecule has 1 aliphatic heterocycles. The zero-order valence-corrected chi connectivity index (χ0v) is 12.2. The van der Waals surface area contributed by atoms with Gasteiger partial charge < -0.3 is 5.32 Å². The first-order chi connectivity index (χ1) is 11.7. The lowest BCUT2D eigenvalue weighted by molar-refractivity contribution is -0.383. The minimum absolute atomic E-state index is 0.144. The molecule has 3 aromatic rings. The molecule has 24 heavy (non-hydrogen) atoms. The summed E-state index contributed by atoms with van der Waals surface area (Å²) < 4.78 is 14.2. The maximum atomic E-state index is 14.2. The van der Waals surface area contributed by atoms with Crippen molar-refractivity contribution >= 4 is 28.0 Å². The van der Waals surface area contributed by atoms with E-state index in [1.165, 1.54) is 24.5 Å². The average Bonchev–Trinajstić information content (AvgIpc) is 2.96. The van der Waals surface area contributed by atoms with Crippen LogP contribution < -0.4 is 5.32 Å². The number of nitro benzene ring substituents is 1. The minimum atomic E-state index is -0.502. The van der Waals surface area contributed by atoms with E-state index in [0.29, 0.717) is 27.9 Å². The van der Waals surface area contributed by atoms with E-state index in [0.717, 1.165) is 0 Å². The molecule has 0 atom stereocenters. The number of H-pyrrole nitrogens is 1. The number of benzene rings is 2. The number of non-ortho nitro benzene ring substituents is 1. The number of aromatic amines is 1. The molecule has 8 heteroatoms. The molecule has 0 saturated carbocycles. The van der Waals surface area contributed by atoms with E-state index in [2.05, 4.69) is 20.5 Å². The van der Waals surface area contributed by atoms with Gasteiger partial charge in [0.15, 0.2) is 0 Å². The van der Waals surface area contributed by atoms with E-state index < -0.39 is 10.7 Å². The molecular formula is C16H10FN5O2. The predicted octanol–water partition coefficient (Wildman–Crippen LogP) is 3.34. The number of fused-ring (bicyclic) bond motifs is 3. The van der Waals surface area contributed by atoms with Crippen LogP contribution in [-0.4, -0.2) is 20.8 Å². The Hall–Kier alpha value is -3.55. The first-order valence-electron chi connectivity index (χ1n) is 7.06. The lowest BCUT2D eigenvalue weighted by atomic mass is 9.97. The number of nitrogens with zero attached hydrogens (tertiary/aromatic N) is 3. The number of hydrogen-bond acceptors (Lipinski definition) is 5. The van der Waals surface area contributed by atoms with Crippen molar-refractivity contribution in [2.24, 2.45) is 4.99 Å². The Labute approximate surface area is 134 Å². The Balaban J connectivity index is 2.07. The Morgan fingerprint density at radius 3 is 2.83 bits per heavy atom. The summed E-state index contributed by atoms with van der Waals surface area (Å²) in [4.78, 5) is 15.2. The normalized spacial score (nSPS) is 13.1. The highest BCUT2D eigenvalue weighted by Gasteiger charge is 2.25. The first-order valence-corrected chi connectivity index (χ1v) is 7.06. The van der Waals surface area contributed by atoms with Gasteiger partial charge in [0.05, 0.1) is 27.9 Å². The van der Waals surface area contributed by atoms with Crippen LogP contribution in [-0.2, 0) is 0 Å². The molecule has 0 radical (unpaired) electrons. The highest BCUT2D eigenvalue weighted by Crippen LogP contribution is 2.36. The molecule has 7 nitrogen and oxygen atoms in total. The van der Waals surface area contributed by atoms with Crippen molar-refractivity contribution in [1.29, 1.82) is 0 Å². The lowest BCUT2D eigenvalue weighted by Gasteiger charge is -2.12. The number of aliphatic imine (C=N–C) groups is 1. The fourth-order valence-electron chi connectivity index (χ4n) is 2.75. The number of nitro groups is 1. The maximum absolute atomic E-state index is 14.2. The van der Waals surface area contributed by atoms with Crippen LogP contribution in [0, 0.1) is 15.9 Å². The summed E-state index contributed by atoms with van der Waals surface area (Å²) in [6.07, 6.45) is 4.57. The van der Waals surface area contributed by atoms with Crippen molar-refractivity contribution in [3.63, 3.8) is 0 Å². The predicted molar refractivity (Wildman–Crippen MR) is 87.5 cm³/mol. The molecule has 0 aliphatic carbocycles. The monoisotopic (exact) mass is 323 g/mol. The summed E-state index contributed by atoms with van der Waals surface area (Å²) >= 11 is 0. The summed E-state index contributed by atoms with van der Waals surface area (Å²) in [5, 5.41) is 21.5. The number of nitrogens with one attached hydrogen (secondary N) is 2. The zero-order chi connectivity index (χ0) is 16.7. The van der Waals surface area contributed by atoms with Gasteiger partial charge in [0.1, 0.15) is 11.3 Å². The molecular weight excluding hydrogens is 313 g/mol. The molecule has 1 aromatic heterocycles. The molecule has 0 unspecified atom stereocenters. The van der Waals surface area contributed by atoms with Crippen molar-refractivity contribution in [1.82, 2.24) is 10.2 Å². The third kappa shape index (κ3) is 2.04. The standard InChI is InChI=1S/C16H10FN5O2/c17-12-4-2-1-3-9(12)14-10-7-13(22(23)24)16-11(8-20-21-16)15(10)19-6-5-18-14/h1-8,19H,(H,20,21). The quantitative estimate of drug-likeness (QED) is 0.558. The van der Waals surface area contributed by atoms with Crippen LogP contribution in [0.15, 0.2) is 53.9 Å². The van der Waals surface area contributed by atoms with Gasteiger partial charge in [0.2, 0.25) is 0 Å². The molecule has 4 rings (SSSR count). The largest absolute Gasteiger partial charge is 0.359 e. The summed E-state index contributed by atoms with van der Waals surface area (Å²) in [5.41, 5.74) is 1.76. The van der Waals surface area contributed by atoms with E-state index in [-0.39, 0.29) is 11.3 Å². The second kappa shape index (κ2) is 5.27. The van der Waals surface area contributed by atoms with E-state index in [9.17, 15) is 14.5 Å². The van der Waals surface area contributed by atoms with E-state index >= 15 is 0 Å². The smallest absolute Gasteiger partial charge is 0.295 e. The third-order valence-corrected chi connectivity index (χ3v) is 3.80. The van der Waals surface area contributed by atoms with E-state index in [1.807, 2.05) is 0 Å². The highest BCUT2D eigenvalue weighted by atomic mass is 19.1. The fraction of sp³-hybridized carbons (Fsp3) is 0. The fourth-order valence-corrected chi connectivity index (χ4v) is 2.75. The number of halogens is 1. The van der Waals surface area contributed by atoms with Gasteiger partial charge in [-0.1, -0.05) is 12.1 Å². The molecule has 1 aliphatic rings. The van der Waals surface area contributed by atoms with Crippen molar-refractivity contribution in [2.75, 3.05) is 5.32 Å². The van der Waals surface area contributed by atoms with Crippen LogP contribution in [0.4, 0.5) is 15.8 Å². The van der Waals surface area contributed by atoms with Gasteiger partial charge in [-0.2, -0.15) is 5.10 Å². The third-order valence-electron chi connectivity index (χ3n) is 3.80. The van der Waals surface area contributed by atoms with Gasteiger partial charge in [0.25, 0.3) is 5.69 Å². The van der Waals surface area contributed by atoms with Crippen LogP contribution in [0.5, 0.6) is 0 Å². The highest BCUT2D eigenvalue weighted by molar-refractivity contribution is 6.21. The Morgan fingerprint density at radius 1 is 1.21 bits per heavy atom. The number of rotatable bonds is 2. The number of anilines is 1. The van der Waals surface area contributed by atoms with Gasteiger partial charge in [0, 0.05) is 29.6 Å². The van der Waals surface area contributed by atoms with Gasteiger partial charge >= 0.3 is 0 Å². The summed E-state index contributed by atoms with van der Waals surface area (Å²) in [7, 11) is 0. The summed E-state index contributed by atoms with van der Waals surface area (Å²) in [6, 6.07) is 7.55. The molecule has 0 spiro atoms. The average molecular weight is 323 g/mol. The second-order valence-corrected chi connectivity index (χ2v) is 5.15. The van der Waals surface area contributed by atoms with Gasteiger partial charge in [-0.05, 0) is 12.1 Å². The van der Waals surface area contributed by atoms with Gasteiger partial charge in [-0.15, -0.1) is 0 Å². The maximum Gasteiger partial charge on any atom is 0.295 e. The SMILES string of the molecule is O=[N+]([O-])c1cc2c(c3cn[nH]c13)NC=CN=C2c1ccccc1F. The number of aromatic nitrogens is 2. The molecule has 0 saturated heterocycles. The van der Waals surface area contributed by atoms with Crippen molar-refractivity contribution in [3.05, 3.63) is 76.0 Å². The van der Waals surface area contributed by atoms with Crippen molar-refractivity contribution in [2.45, 2.75) is 0 Å². The number of hydrogen-bond donors (Lipinski definition) is 2. The van der Waals surface area contributed by atoms with Crippen molar-refractivity contribution in [3.8, 4) is 0 Å². The molecule has 2 heterocycles. The summed E-state index contributed by atoms with van der Waals surface area (Å²) in [6.45, 7) is 0. The summed E-state index contributed by atoms with van der Waals surface area (Å²) in [5.74, 6) is -0.451. The van der Waals surface area contributed by atoms with E-state index in [4.69, 9.17) is 0 Å². The molecule has 2 N–H and O–H groups in total. The lowest BCUT2D eigenvalue weighted by Crippen LogP contribution is -2.08. The topological polar surface area (TPSA) is 96.2 Å². The Bertz CT molecular complexity index is 1040. The first kappa shape index (κ1) is 14.1. The molecule has 118 valence electrons. The van der Waals surface area contributed by atoms with Gasteiger partial charge in [-0.3, -0.25) is 20.2 Å². The molecule has 0 fully saturated rings. The second-order valence-electron chi connectivity index (χ2n) is 5.15. The Kier molecular flexibility index (Phi) is 3.09. The van der Waals surface area contributed by atoms with Crippen LogP contribution in [0.3, 0.4) is 0 Å². The van der Waals surface area contributed by atoms with Crippen LogP contribution in [0.2, 0.25) is 0 Å².